The van der Waals surface area contributed by atoms with Crippen LogP contribution < -0.4 is 20.9 Å². The Bertz CT molecular complexity index is 790. The van der Waals surface area contributed by atoms with Gasteiger partial charge in [-0.1, -0.05) is 18.2 Å². The fourth-order valence-corrected chi connectivity index (χ4v) is 2.21. The first kappa shape index (κ1) is 21.4. The normalized spacial score (nSPS) is 11.6. The lowest BCUT2D eigenvalue weighted by atomic mass is 10.1. The summed E-state index contributed by atoms with van der Waals surface area (Å²) < 4.78 is 46.6. The van der Waals surface area contributed by atoms with Crippen molar-refractivity contribution in [3.63, 3.8) is 0 Å². The maximum atomic E-state index is 12.5. The van der Waals surface area contributed by atoms with E-state index >= 15 is 0 Å². The van der Waals surface area contributed by atoms with Crippen molar-refractivity contribution in [3.05, 3.63) is 54.1 Å². The molecule has 2 aromatic carbocycles. The summed E-state index contributed by atoms with van der Waals surface area (Å²) >= 11 is 0. The van der Waals surface area contributed by atoms with Crippen molar-refractivity contribution in [3.8, 4) is 5.75 Å². The number of carbonyl (C=O) groups is 1. The van der Waals surface area contributed by atoms with Crippen LogP contribution in [0.5, 0.6) is 5.75 Å². The van der Waals surface area contributed by atoms with E-state index in [-0.39, 0.29) is 6.54 Å². The van der Waals surface area contributed by atoms with E-state index in [2.05, 4.69) is 20.9 Å². The molecule has 3 N–H and O–H groups in total. The van der Waals surface area contributed by atoms with Crippen molar-refractivity contribution in [2.75, 3.05) is 10.7 Å². The third kappa shape index (κ3) is 7.75. The number of ether oxygens (including phenoxy) is 2. The highest BCUT2D eigenvalue weighted by Crippen LogP contribution is 2.27. The molecule has 1 amide bonds. The van der Waals surface area contributed by atoms with Crippen LogP contribution in [0.4, 0.5) is 29.3 Å². The number of alkyl halides is 3. The number of hydrazine groups is 1. The molecule has 2 rings (SSSR count). The summed E-state index contributed by atoms with van der Waals surface area (Å²) in [6.07, 6.45) is -5.53. The number of carbonyl (C=O) groups excluding carboxylic acids is 1. The molecule has 0 unspecified atom stereocenters. The first-order valence-electron chi connectivity index (χ1n) is 8.44. The second-order valence-corrected chi connectivity index (χ2v) is 6.84. The van der Waals surface area contributed by atoms with Crippen molar-refractivity contribution >= 4 is 17.5 Å². The van der Waals surface area contributed by atoms with Crippen molar-refractivity contribution in [1.82, 2.24) is 5.43 Å². The first-order valence-corrected chi connectivity index (χ1v) is 8.44. The standard InChI is InChI=1S/C19H22F3N3O3/c1-18(2,3)28-17(26)24-16-10-9-15(27-19(20,21)22)11-13(16)12-23-25-14-7-5-4-6-8-14/h4-11,23,25H,12H2,1-3H3,(H,24,26). The highest BCUT2D eigenvalue weighted by Gasteiger charge is 2.31. The fraction of sp³-hybridized carbons (Fsp3) is 0.316. The molecule has 152 valence electrons. The Morgan fingerprint density at radius 3 is 2.32 bits per heavy atom. The van der Waals surface area contributed by atoms with E-state index in [1.54, 1.807) is 20.8 Å². The van der Waals surface area contributed by atoms with Crippen LogP contribution in [-0.2, 0) is 11.3 Å². The third-order valence-corrected chi connectivity index (χ3v) is 3.23. The number of anilines is 2. The van der Waals surface area contributed by atoms with Crippen molar-refractivity contribution in [2.24, 2.45) is 0 Å². The average Bonchev–Trinajstić information content (AvgIpc) is 2.55. The van der Waals surface area contributed by atoms with Gasteiger partial charge in [-0.2, -0.15) is 0 Å². The van der Waals surface area contributed by atoms with Crippen LogP contribution in [0.3, 0.4) is 0 Å². The fourth-order valence-electron chi connectivity index (χ4n) is 2.21. The molecule has 0 spiro atoms. The molecule has 0 radical (unpaired) electrons. The number of hydrogen-bond donors (Lipinski definition) is 3. The summed E-state index contributed by atoms with van der Waals surface area (Å²) in [5.74, 6) is -0.390. The molecule has 0 saturated carbocycles. The molecular weight excluding hydrogens is 375 g/mol. The van der Waals surface area contributed by atoms with Crippen LogP contribution in [0.25, 0.3) is 0 Å². The molecule has 0 fully saturated rings. The summed E-state index contributed by atoms with van der Waals surface area (Å²) in [6, 6.07) is 12.8. The number of benzene rings is 2. The highest BCUT2D eigenvalue weighted by molar-refractivity contribution is 5.86. The predicted molar refractivity (Wildman–Crippen MR) is 99.9 cm³/mol. The minimum absolute atomic E-state index is 0.106. The van der Waals surface area contributed by atoms with E-state index in [0.717, 1.165) is 11.8 Å². The van der Waals surface area contributed by atoms with Gasteiger partial charge in [0.1, 0.15) is 11.4 Å². The molecular formula is C19H22F3N3O3. The Hall–Kier alpha value is -2.94. The van der Waals surface area contributed by atoms with E-state index in [1.165, 1.54) is 12.1 Å². The van der Waals surface area contributed by atoms with Gasteiger partial charge in [0.25, 0.3) is 0 Å². The number of amides is 1. The Balaban J connectivity index is 2.14. The number of para-hydroxylation sites is 1. The predicted octanol–water partition coefficient (Wildman–Crippen LogP) is 5.05. The lowest BCUT2D eigenvalue weighted by Gasteiger charge is -2.21. The summed E-state index contributed by atoms with van der Waals surface area (Å²) in [7, 11) is 0. The molecule has 0 saturated heterocycles. The lowest BCUT2D eigenvalue weighted by molar-refractivity contribution is -0.274. The van der Waals surface area contributed by atoms with Crippen molar-refractivity contribution in [2.45, 2.75) is 39.3 Å². The van der Waals surface area contributed by atoms with Gasteiger partial charge in [-0.25, -0.2) is 10.2 Å². The monoisotopic (exact) mass is 397 g/mol. The third-order valence-electron chi connectivity index (χ3n) is 3.23. The average molecular weight is 397 g/mol. The molecule has 0 aliphatic carbocycles. The van der Waals surface area contributed by atoms with Crippen LogP contribution in [0.15, 0.2) is 48.5 Å². The Morgan fingerprint density at radius 2 is 1.71 bits per heavy atom. The van der Waals surface area contributed by atoms with Crippen LogP contribution in [-0.4, -0.2) is 18.1 Å². The summed E-state index contributed by atoms with van der Waals surface area (Å²) in [5, 5.41) is 2.54. The van der Waals surface area contributed by atoms with Gasteiger partial charge in [0, 0.05) is 17.9 Å². The van der Waals surface area contributed by atoms with Gasteiger partial charge in [0.15, 0.2) is 0 Å². The van der Waals surface area contributed by atoms with Gasteiger partial charge in [-0.3, -0.25) is 5.32 Å². The van der Waals surface area contributed by atoms with Gasteiger partial charge in [0.2, 0.25) is 0 Å². The number of nitrogens with one attached hydrogen (secondary N) is 3. The molecule has 0 atom stereocenters. The Labute approximate surface area is 161 Å². The SMILES string of the molecule is CC(C)(C)OC(=O)Nc1ccc(OC(F)(F)F)cc1CNNc1ccccc1. The molecule has 9 heteroatoms. The zero-order valence-corrected chi connectivity index (χ0v) is 15.7. The quantitative estimate of drug-likeness (QED) is 0.595. The van der Waals surface area contributed by atoms with Crippen LogP contribution in [0, 0.1) is 0 Å². The van der Waals surface area contributed by atoms with Gasteiger partial charge < -0.3 is 14.9 Å². The molecule has 0 bridgehead atoms. The molecule has 0 aromatic heterocycles. The van der Waals surface area contributed by atoms with Gasteiger partial charge in [0.05, 0.1) is 0 Å². The lowest BCUT2D eigenvalue weighted by Crippen LogP contribution is -2.28. The van der Waals surface area contributed by atoms with Gasteiger partial charge >= 0.3 is 12.5 Å². The second kappa shape index (κ2) is 8.83. The zero-order valence-electron chi connectivity index (χ0n) is 15.7. The Kier molecular flexibility index (Phi) is 6.74. The first-order chi connectivity index (χ1) is 13.0. The smallest absolute Gasteiger partial charge is 0.444 e. The largest absolute Gasteiger partial charge is 0.573 e. The summed E-state index contributed by atoms with van der Waals surface area (Å²) in [6.45, 7) is 5.23. The van der Waals surface area contributed by atoms with Crippen LogP contribution in [0.1, 0.15) is 26.3 Å². The molecule has 6 nitrogen and oxygen atoms in total. The molecule has 2 aromatic rings. The number of halogens is 3. The molecule has 28 heavy (non-hydrogen) atoms. The van der Waals surface area contributed by atoms with E-state index in [1.807, 2.05) is 30.3 Å². The number of rotatable bonds is 6. The van der Waals surface area contributed by atoms with Crippen molar-refractivity contribution < 1.29 is 27.4 Å². The van der Waals surface area contributed by atoms with Crippen molar-refractivity contribution in [1.29, 1.82) is 0 Å². The van der Waals surface area contributed by atoms with E-state index < -0.39 is 23.8 Å². The maximum Gasteiger partial charge on any atom is 0.573 e. The zero-order chi connectivity index (χ0) is 20.8. The topological polar surface area (TPSA) is 71.6 Å². The van der Waals surface area contributed by atoms with E-state index in [4.69, 9.17) is 4.74 Å². The van der Waals surface area contributed by atoms with E-state index in [0.29, 0.717) is 11.3 Å². The molecule has 0 aliphatic heterocycles. The van der Waals surface area contributed by atoms with Crippen LogP contribution in [0.2, 0.25) is 0 Å². The minimum Gasteiger partial charge on any atom is -0.444 e. The maximum absolute atomic E-state index is 12.5. The molecule has 0 heterocycles. The minimum atomic E-state index is -4.81. The second-order valence-electron chi connectivity index (χ2n) is 6.84. The van der Waals surface area contributed by atoms with Crippen LogP contribution >= 0.6 is 0 Å². The summed E-state index contributed by atoms with van der Waals surface area (Å²) in [4.78, 5) is 12.0. The summed E-state index contributed by atoms with van der Waals surface area (Å²) in [5.41, 5.74) is 6.54. The van der Waals surface area contributed by atoms with E-state index in [9.17, 15) is 18.0 Å². The Morgan fingerprint density at radius 1 is 1.04 bits per heavy atom. The highest BCUT2D eigenvalue weighted by atomic mass is 19.4. The van der Waals surface area contributed by atoms with Gasteiger partial charge in [-0.05, 0) is 56.7 Å². The molecule has 0 aliphatic rings. The van der Waals surface area contributed by atoms with Gasteiger partial charge in [-0.15, -0.1) is 13.2 Å². The number of hydrogen-bond acceptors (Lipinski definition) is 5.